The van der Waals surface area contributed by atoms with Crippen LogP contribution in [-0.4, -0.2) is 6.71 Å². The van der Waals surface area contributed by atoms with Crippen LogP contribution in [0.2, 0.25) is 0 Å². The first-order chi connectivity index (χ1) is 27.3. The fourth-order valence-corrected chi connectivity index (χ4v) is 11.9. The molecule has 1 aromatic heterocycles. The highest BCUT2D eigenvalue weighted by molar-refractivity contribution is 7.33. The molecule has 0 bridgehead atoms. The van der Waals surface area contributed by atoms with Crippen molar-refractivity contribution in [2.24, 2.45) is 0 Å². The summed E-state index contributed by atoms with van der Waals surface area (Å²) in [5, 5.41) is 1.39. The number of anilines is 6. The van der Waals surface area contributed by atoms with Gasteiger partial charge in [0.2, 0.25) is 0 Å². The summed E-state index contributed by atoms with van der Waals surface area (Å²) in [5.41, 5.74) is 19.2. The van der Waals surface area contributed by atoms with Crippen molar-refractivity contribution in [3.05, 3.63) is 124 Å². The number of hydrogen-bond donors (Lipinski definition) is 0. The summed E-state index contributed by atoms with van der Waals surface area (Å²) < 4.78 is 2.85. The van der Waals surface area contributed by atoms with Gasteiger partial charge in [0.05, 0.1) is 5.69 Å². The van der Waals surface area contributed by atoms with E-state index >= 15 is 0 Å². The van der Waals surface area contributed by atoms with Crippen LogP contribution in [0.4, 0.5) is 34.1 Å². The van der Waals surface area contributed by atoms with Crippen molar-refractivity contribution < 1.29 is 0 Å². The van der Waals surface area contributed by atoms with Gasteiger partial charge in [-0.1, -0.05) is 147 Å². The maximum absolute atomic E-state index is 2.67. The molecule has 0 saturated heterocycles. The molecule has 2 nitrogen and oxygen atoms in total. The Bertz CT molecular complexity index is 2660. The van der Waals surface area contributed by atoms with Crippen molar-refractivity contribution in [3.63, 3.8) is 0 Å². The first kappa shape index (κ1) is 40.1. The van der Waals surface area contributed by atoms with E-state index in [9.17, 15) is 0 Å². The van der Waals surface area contributed by atoms with Crippen molar-refractivity contribution >= 4 is 78.0 Å². The van der Waals surface area contributed by atoms with E-state index < -0.39 is 0 Å². The van der Waals surface area contributed by atoms with Gasteiger partial charge >= 0.3 is 0 Å². The Morgan fingerprint density at radius 1 is 0.492 bits per heavy atom. The molecule has 1 aliphatic carbocycles. The molecule has 0 radical (unpaired) electrons. The van der Waals surface area contributed by atoms with Crippen LogP contribution in [0.25, 0.3) is 10.1 Å². The van der Waals surface area contributed by atoms with Crippen LogP contribution in [0.3, 0.4) is 0 Å². The normalized spacial score (nSPS) is 16.9. The fourth-order valence-electron chi connectivity index (χ4n) is 10.6. The Labute approximate surface area is 360 Å². The molecule has 6 aromatic rings. The molecular formula is C55H65BN2S. The van der Waals surface area contributed by atoms with Crippen molar-refractivity contribution in [1.29, 1.82) is 0 Å². The lowest BCUT2D eigenvalue weighted by atomic mass is 9.36. The Balaban J connectivity index is 1.42. The highest BCUT2D eigenvalue weighted by atomic mass is 32.1. The van der Waals surface area contributed by atoms with E-state index in [1.165, 1.54) is 93.3 Å². The second-order valence-electron chi connectivity index (χ2n) is 23.6. The molecule has 3 aliphatic rings. The van der Waals surface area contributed by atoms with Crippen LogP contribution in [-0.2, 0) is 32.5 Å². The summed E-state index contributed by atoms with van der Waals surface area (Å²) in [5.74, 6) is 0. The van der Waals surface area contributed by atoms with Crippen LogP contribution in [0.5, 0.6) is 0 Å². The van der Waals surface area contributed by atoms with Gasteiger partial charge in [-0.3, -0.25) is 0 Å². The summed E-state index contributed by atoms with van der Waals surface area (Å²) in [7, 11) is 0. The highest BCUT2D eigenvalue weighted by Gasteiger charge is 2.48. The number of fused-ring (bicyclic) bond motifs is 7. The molecule has 0 N–H and O–H groups in total. The smallest absolute Gasteiger partial charge is 0.264 e. The molecule has 59 heavy (non-hydrogen) atoms. The predicted octanol–water partition coefficient (Wildman–Crippen LogP) is 14.1. The minimum Gasteiger partial charge on any atom is -0.311 e. The summed E-state index contributed by atoms with van der Waals surface area (Å²) in [4.78, 5) is 5.28. The lowest BCUT2D eigenvalue weighted by Gasteiger charge is -2.44. The Morgan fingerprint density at radius 3 is 1.44 bits per heavy atom. The molecule has 2 aliphatic heterocycles. The number of nitrogens with zero attached hydrogens (tertiary/aromatic N) is 2. The zero-order valence-electron chi connectivity index (χ0n) is 38.7. The topological polar surface area (TPSA) is 6.48 Å². The van der Waals surface area contributed by atoms with Crippen molar-refractivity contribution in [3.8, 4) is 0 Å². The molecule has 0 atom stereocenters. The van der Waals surface area contributed by atoms with E-state index in [4.69, 9.17) is 0 Å². The molecule has 0 amide bonds. The maximum atomic E-state index is 2.67. The summed E-state index contributed by atoms with van der Waals surface area (Å²) in [6.45, 7) is 37.9. The number of benzene rings is 5. The van der Waals surface area contributed by atoms with Gasteiger partial charge in [0.1, 0.15) is 0 Å². The van der Waals surface area contributed by atoms with Crippen molar-refractivity contribution in [2.75, 3.05) is 9.80 Å². The van der Waals surface area contributed by atoms with Crippen LogP contribution >= 0.6 is 11.3 Å². The minimum atomic E-state index is -0.0779. The molecule has 0 fully saturated rings. The maximum Gasteiger partial charge on any atom is 0.264 e. The average Bonchev–Trinajstić information content (AvgIpc) is 3.58. The van der Waals surface area contributed by atoms with Gasteiger partial charge in [-0.2, -0.15) is 0 Å². The Hall–Kier alpha value is -4.28. The van der Waals surface area contributed by atoms with Crippen LogP contribution in [0.15, 0.2) is 91.0 Å². The molecular weight excluding hydrogens is 731 g/mol. The van der Waals surface area contributed by atoms with E-state index in [1.807, 2.05) is 11.3 Å². The van der Waals surface area contributed by atoms with Gasteiger partial charge in [-0.15, -0.1) is 11.3 Å². The molecule has 304 valence electrons. The minimum absolute atomic E-state index is 0.00100. The van der Waals surface area contributed by atoms with Gasteiger partial charge in [0, 0.05) is 43.3 Å². The van der Waals surface area contributed by atoms with E-state index in [1.54, 1.807) is 0 Å². The standard InChI is InChI=1S/C55H65BN2S/c1-50(2,3)33-17-22-37(23-18-33)57-43-27-35(52(7,8)9)21-26-42(43)56-47-44(57)28-36(53(10,11)12)29-45(47)58(38-24-19-34(20-25-38)51(4,5)6)48-39-30-40-41(31-46(39)59-49(48)56)55(15,16)32-54(40,13)14/h17-31H,32H2,1-16H3. The lowest BCUT2D eigenvalue weighted by Crippen LogP contribution is -2.60. The molecule has 4 heteroatoms. The van der Waals surface area contributed by atoms with Gasteiger partial charge in [0.25, 0.3) is 6.71 Å². The monoisotopic (exact) mass is 796 g/mol. The van der Waals surface area contributed by atoms with Gasteiger partial charge < -0.3 is 9.80 Å². The van der Waals surface area contributed by atoms with Gasteiger partial charge in [-0.05, 0) is 138 Å². The lowest BCUT2D eigenvalue weighted by molar-refractivity contribution is 0.403. The Kier molecular flexibility index (Phi) is 8.60. The summed E-state index contributed by atoms with van der Waals surface area (Å²) >= 11 is 2.04. The van der Waals surface area contributed by atoms with Crippen LogP contribution in [0.1, 0.15) is 151 Å². The quantitative estimate of drug-likeness (QED) is 0.161. The second kappa shape index (κ2) is 12.6. The third kappa shape index (κ3) is 6.33. The molecule has 3 heterocycles. The van der Waals surface area contributed by atoms with E-state index in [0.717, 1.165) is 6.42 Å². The van der Waals surface area contributed by atoms with Crippen LogP contribution in [0, 0.1) is 0 Å². The molecule has 5 aromatic carbocycles. The molecule has 9 rings (SSSR count). The Morgan fingerprint density at radius 2 is 0.932 bits per heavy atom. The third-order valence-electron chi connectivity index (χ3n) is 13.9. The first-order valence-corrected chi connectivity index (χ1v) is 22.8. The van der Waals surface area contributed by atoms with E-state index in [-0.39, 0.29) is 39.2 Å². The van der Waals surface area contributed by atoms with Crippen molar-refractivity contribution in [2.45, 2.75) is 150 Å². The zero-order valence-corrected chi connectivity index (χ0v) is 39.6. The molecule has 0 saturated carbocycles. The summed E-state index contributed by atoms with van der Waals surface area (Å²) in [6, 6.07) is 36.6. The van der Waals surface area contributed by atoms with Gasteiger partial charge in [0.15, 0.2) is 0 Å². The van der Waals surface area contributed by atoms with Crippen molar-refractivity contribution in [1.82, 2.24) is 0 Å². The largest absolute Gasteiger partial charge is 0.311 e. The number of thiophene rings is 1. The van der Waals surface area contributed by atoms with Gasteiger partial charge in [-0.25, -0.2) is 0 Å². The number of rotatable bonds is 2. The second-order valence-corrected chi connectivity index (χ2v) is 24.6. The fraction of sp³-hybridized carbons (Fsp3) is 0.418. The summed E-state index contributed by atoms with van der Waals surface area (Å²) in [6.07, 6.45) is 1.16. The van der Waals surface area contributed by atoms with E-state index in [2.05, 4.69) is 212 Å². The first-order valence-electron chi connectivity index (χ1n) is 22.0. The average molecular weight is 797 g/mol. The zero-order chi connectivity index (χ0) is 42.6. The number of hydrogen-bond acceptors (Lipinski definition) is 3. The van der Waals surface area contributed by atoms with Crippen LogP contribution < -0.4 is 25.5 Å². The predicted molar refractivity (Wildman–Crippen MR) is 261 cm³/mol. The van der Waals surface area contributed by atoms with E-state index in [0.29, 0.717) is 0 Å². The molecule has 0 spiro atoms. The third-order valence-corrected chi connectivity index (χ3v) is 15.1. The highest BCUT2D eigenvalue weighted by Crippen LogP contribution is 2.54. The SMILES string of the molecule is CC(C)(C)c1ccc(N2c3cc(C(C)(C)C)ccc3B3c4sc5cc6c(cc5c4N(c4ccc(C(C)(C)C)cc4)c4cc(C(C)(C)C)cc2c43)C(C)(C)CC6(C)C)cc1. The molecule has 0 unspecified atom stereocenters.